The number of alkyl halides is 1. The summed E-state index contributed by atoms with van der Waals surface area (Å²) in [6.45, 7) is 4.66. The zero-order valence-corrected chi connectivity index (χ0v) is 12.2. The molecule has 0 saturated carbocycles. The van der Waals surface area contributed by atoms with Crippen LogP contribution in [0, 0.1) is 13.8 Å². The molecule has 0 spiro atoms. The Morgan fingerprint density at radius 3 is 2.67 bits per heavy atom. The molecule has 0 atom stereocenters. The lowest BCUT2D eigenvalue weighted by molar-refractivity contribution is 0.835. The van der Waals surface area contributed by atoms with Gasteiger partial charge in [0, 0.05) is 29.9 Å². The van der Waals surface area contributed by atoms with E-state index in [1.54, 1.807) is 17.5 Å². The molecular weight excluding hydrogens is 268 g/mol. The zero-order chi connectivity index (χ0) is 13.1. The van der Waals surface area contributed by atoms with E-state index in [0.717, 1.165) is 22.0 Å². The van der Waals surface area contributed by atoms with Crippen molar-refractivity contribution in [3.63, 3.8) is 0 Å². The number of anilines is 1. The largest absolute Gasteiger partial charge is 0.338 e. The number of aryl methyl sites for hydroxylation is 2. The minimum absolute atomic E-state index is 0.446. The Kier molecular flexibility index (Phi) is 4.14. The molecule has 0 aromatic carbocycles. The molecule has 0 aliphatic rings. The highest BCUT2D eigenvalue weighted by Crippen LogP contribution is 2.15. The first-order chi connectivity index (χ1) is 8.60. The van der Waals surface area contributed by atoms with Crippen molar-refractivity contribution in [2.24, 2.45) is 0 Å². The van der Waals surface area contributed by atoms with Gasteiger partial charge in [-0.25, -0.2) is 15.0 Å². The normalized spacial score (nSPS) is 10.7. The summed E-state index contributed by atoms with van der Waals surface area (Å²) in [5.74, 6) is 1.15. The third-order valence-electron chi connectivity index (χ3n) is 2.62. The Morgan fingerprint density at radius 2 is 2.11 bits per heavy atom. The molecule has 4 nitrogen and oxygen atoms in total. The molecule has 0 unspecified atom stereocenters. The average Bonchev–Trinajstić information content (AvgIpc) is 2.74. The van der Waals surface area contributed by atoms with Crippen LogP contribution in [0.1, 0.15) is 22.0 Å². The lowest BCUT2D eigenvalue weighted by atomic mass is 10.3. The number of aromatic nitrogens is 3. The SMILES string of the molecule is Cc1nc(CN(C)c2ncc(CCl)c(C)n2)cs1. The van der Waals surface area contributed by atoms with E-state index in [0.29, 0.717) is 18.4 Å². The summed E-state index contributed by atoms with van der Waals surface area (Å²) in [4.78, 5) is 15.2. The molecular formula is C12H15ClN4S. The number of halogens is 1. The third kappa shape index (κ3) is 2.97. The van der Waals surface area contributed by atoms with Crippen LogP contribution in [-0.4, -0.2) is 22.0 Å². The second-order valence-electron chi connectivity index (χ2n) is 4.13. The van der Waals surface area contributed by atoms with E-state index in [4.69, 9.17) is 11.6 Å². The molecule has 2 aromatic rings. The fourth-order valence-electron chi connectivity index (χ4n) is 1.59. The van der Waals surface area contributed by atoms with Crippen LogP contribution < -0.4 is 4.90 Å². The Balaban J connectivity index is 2.13. The Morgan fingerprint density at radius 1 is 1.33 bits per heavy atom. The monoisotopic (exact) mass is 282 g/mol. The highest BCUT2D eigenvalue weighted by Gasteiger charge is 2.09. The first-order valence-electron chi connectivity index (χ1n) is 5.60. The van der Waals surface area contributed by atoms with Gasteiger partial charge in [0.15, 0.2) is 0 Å². The standard InChI is InChI=1S/C12H15ClN4S/c1-8-10(4-13)5-14-12(15-8)17(3)6-11-7-18-9(2)16-11/h5,7H,4,6H2,1-3H3. The molecule has 6 heteroatoms. The first kappa shape index (κ1) is 13.2. The quantitative estimate of drug-likeness (QED) is 0.809. The van der Waals surface area contributed by atoms with E-state index in [9.17, 15) is 0 Å². The fraction of sp³-hybridized carbons (Fsp3) is 0.417. The zero-order valence-electron chi connectivity index (χ0n) is 10.6. The van der Waals surface area contributed by atoms with Gasteiger partial charge in [-0.1, -0.05) is 0 Å². The molecule has 0 amide bonds. The highest BCUT2D eigenvalue weighted by atomic mass is 35.5. The smallest absolute Gasteiger partial charge is 0.225 e. The summed E-state index contributed by atoms with van der Waals surface area (Å²) in [7, 11) is 1.96. The van der Waals surface area contributed by atoms with Crippen LogP contribution in [0.25, 0.3) is 0 Å². The Labute approximate surface area is 116 Å². The third-order valence-corrected chi connectivity index (χ3v) is 3.73. The molecule has 96 valence electrons. The maximum Gasteiger partial charge on any atom is 0.225 e. The predicted molar refractivity (Wildman–Crippen MR) is 75.3 cm³/mol. The van der Waals surface area contributed by atoms with Crippen molar-refractivity contribution >= 4 is 28.9 Å². The fourth-order valence-corrected chi connectivity index (χ4v) is 2.46. The number of rotatable bonds is 4. The van der Waals surface area contributed by atoms with Crippen molar-refractivity contribution in [3.8, 4) is 0 Å². The van der Waals surface area contributed by atoms with Gasteiger partial charge in [0.05, 0.1) is 23.1 Å². The van der Waals surface area contributed by atoms with Gasteiger partial charge in [-0.2, -0.15) is 0 Å². The summed E-state index contributed by atoms with van der Waals surface area (Å²) in [6, 6.07) is 0. The highest BCUT2D eigenvalue weighted by molar-refractivity contribution is 7.09. The van der Waals surface area contributed by atoms with Crippen molar-refractivity contribution < 1.29 is 0 Å². The average molecular weight is 283 g/mol. The minimum atomic E-state index is 0.446. The van der Waals surface area contributed by atoms with Crippen LogP contribution in [-0.2, 0) is 12.4 Å². The van der Waals surface area contributed by atoms with Gasteiger partial charge < -0.3 is 4.90 Å². The number of nitrogens with zero attached hydrogens (tertiary/aromatic N) is 4. The summed E-state index contributed by atoms with van der Waals surface area (Å²) in [5.41, 5.74) is 2.94. The summed E-state index contributed by atoms with van der Waals surface area (Å²) in [6.07, 6.45) is 1.79. The first-order valence-corrected chi connectivity index (χ1v) is 7.02. The van der Waals surface area contributed by atoms with Gasteiger partial charge in [-0.05, 0) is 13.8 Å². The Hall–Kier alpha value is -1.20. The lowest BCUT2D eigenvalue weighted by Gasteiger charge is -2.16. The summed E-state index contributed by atoms with van der Waals surface area (Å²) < 4.78 is 0. The molecule has 18 heavy (non-hydrogen) atoms. The van der Waals surface area contributed by atoms with Gasteiger partial charge in [0.25, 0.3) is 0 Å². The molecule has 0 radical (unpaired) electrons. The van der Waals surface area contributed by atoms with E-state index < -0.39 is 0 Å². The Bertz CT molecular complexity index is 541. The molecule has 0 aliphatic carbocycles. The van der Waals surface area contributed by atoms with Crippen LogP contribution >= 0.6 is 22.9 Å². The van der Waals surface area contributed by atoms with E-state index in [1.165, 1.54) is 0 Å². The second-order valence-corrected chi connectivity index (χ2v) is 5.46. The molecule has 2 aromatic heterocycles. The van der Waals surface area contributed by atoms with Crippen molar-refractivity contribution in [2.75, 3.05) is 11.9 Å². The van der Waals surface area contributed by atoms with Crippen molar-refractivity contribution in [2.45, 2.75) is 26.3 Å². The molecule has 0 bridgehead atoms. The van der Waals surface area contributed by atoms with Crippen LogP contribution in [0.4, 0.5) is 5.95 Å². The number of hydrogen-bond donors (Lipinski definition) is 0. The number of thiazole rings is 1. The van der Waals surface area contributed by atoms with Gasteiger partial charge in [-0.15, -0.1) is 22.9 Å². The van der Waals surface area contributed by atoms with Gasteiger partial charge in [0.2, 0.25) is 5.95 Å². The lowest BCUT2D eigenvalue weighted by Crippen LogP contribution is -2.20. The molecule has 0 fully saturated rings. The predicted octanol–water partition coefficient (Wildman–Crippen LogP) is 2.93. The number of hydrogen-bond acceptors (Lipinski definition) is 5. The van der Waals surface area contributed by atoms with Crippen LogP contribution in [0.15, 0.2) is 11.6 Å². The summed E-state index contributed by atoms with van der Waals surface area (Å²) in [5, 5.41) is 3.14. The summed E-state index contributed by atoms with van der Waals surface area (Å²) >= 11 is 7.45. The topological polar surface area (TPSA) is 41.9 Å². The molecule has 0 aliphatic heterocycles. The molecule has 0 saturated heterocycles. The van der Waals surface area contributed by atoms with E-state index >= 15 is 0 Å². The van der Waals surface area contributed by atoms with E-state index in [2.05, 4.69) is 20.3 Å². The van der Waals surface area contributed by atoms with Gasteiger partial charge in [-0.3, -0.25) is 0 Å². The van der Waals surface area contributed by atoms with Gasteiger partial charge >= 0.3 is 0 Å². The molecule has 0 N–H and O–H groups in total. The minimum Gasteiger partial charge on any atom is -0.338 e. The van der Waals surface area contributed by atoms with Crippen molar-refractivity contribution in [1.29, 1.82) is 0 Å². The maximum atomic E-state index is 5.79. The van der Waals surface area contributed by atoms with Crippen molar-refractivity contribution in [3.05, 3.63) is 33.5 Å². The van der Waals surface area contributed by atoms with E-state index in [-0.39, 0.29) is 0 Å². The van der Waals surface area contributed by atoms with E-state index in [1.807, 2.05) is 25.8 Å². The molecule has 2 heterocycles. The van der Waals surface area contributed by atoms with Crippen molar-refractivity contribution in [1.82, 2.24) is 15.0 Å². The van der Waals surface area contributed by atoms with Gasteiger partial charge in [0.1, 0.15) is 0 Å². The molecule has 2 rings (SSSR count). The van der Waals surface area contributed by atoms with Crippen LogP contribution in [0.3, 0.4) is 0 Å². The second kappa shape index (κ2) is 5.63. The van der Waals surface area contributed by atoms with Crippen LogP contribution in [0.5, 0.6) is 0 Å². The maximum absolute atomic E-state index is 5.79. The van der Waals surface area contributed by atoms with Crippen LogP contribution in [0.2, 0.25) is 0 Å².